The molecule has 0 aliphatic carbocycles. The Labute approximate surface area is 119 Å². The van der Waals surface area contributed by atoms with Crippen LogP contribution in [0, 0.1) is 0 Å². The summed E-state index contributed by atoms with van der Waals surface area (Å²) in [7, 11) is 1.92. The van der Waals surface area contributed by atoms with Gasteiger partial charge in [0.15, 0.2) is 0 Å². The molecule has 0 amide bonds. The first-order chi connectivity index (χ1) is 9.16. The van der Waals surface area contributed by atoms with Crippen molar-refractivity contribution in [2.45, 2.75) is 13.0 Å². The molecular weight excluding hydrogens is 282 g/mol. The zero-order chi connectivity index (χ0) is 13.4. The summed E-state index contributed by atoms with van der Waals surface area (Å²) in [4.78, 5) is 0. The van der Waals surface area contributed by atoms with Crippen LogP contribution in [0.3, 0.4) is 0 Å². The van der Waals surface area contributed by atoms with E-state index in [0.717, 1.165) is 22.4 Å². The topological polar surface area (TPSA) is 55.6 Å². The van der Waals surface area contributed by atoms with E-state index in [1.165, 1.54) is 11.7 Å². The van der Waals surface area contributed by atoms with E-state index in [4.69, 9.17) is 11.6 Å². The first kappa shape index (κ1) is 12.4. The minimum absolute atomic E-state index is 0.0808. The van der Waals surface area contributed by atoms with E-state index >= 15 is 0 Å². The lowest BCUT2D eigenvalue weighted by Crippen LogP contribution is -2.11. The SMILES string of the molecule is CC(Nc1c(Cl)ccc2nsnc12)c1ccnn1C. The van der Waals surface area contributed by atoms with Crippen molar-refractivity contribution in [1.82, 2.24) is 18.5 Å². The maximum atomic E-state index is 6.26. The van der Waals surface area contributed by atoms with Gasteiger partial charge in [0.2, 0.25) is 0 Å². The van der Waals surface area contributed by atoms with E-state index in [0.29, 0.717) is 5.02 Å². The molecule has 2 aromatic heterocycles. The lowest BCUT2D eigenvalue weighted by atomic mass is 10.2. The van der Waals surface area contributed by atoms with Crippen LogP contribution >= 0.6 is 23.3 Å². The number of benzene rings is 1. The van der Waals surface area contributed by atoms with Gasteiger partial charge in [-0.2, -0.15) is 13.8 Å². The minimum atomic E-state index is 0.0808. The lowest BCUT2D eigenvalue weighted by Gasteiger charge is -2.16. The predicted molar refractivity (Wildman–Crippen MR) is 77.7 cm³/mol. The van der Waals surface area contributed by atoms with E-state index in [-0.39, 0.29) is 6.04 Å². The van der Waals surface area contributed by atoms with Crippen LogP contribution in [0.15, 0.2) is 24.4 Å². The van der Waals surface area contributed by atoms with Gasteiger partial charge in [0, 0.05) is 13.2 Å². The fraction of sp³-hybridized carbons (Fsp3) is 0.250. The number of aryl methyl sites for hydroxylation is 1. The molecule has 5 nitrogen and oxygen atoms in total. The van der Waals surface area contributed by atoms with Gasteiger partial charge in [-0.15, -0.1) is 0 Å². The van der Waals surface area contributed by atoms with Crippen molar-refractivity contribution in [1.29, 1.82) is 0 Å². The molecule has 0 saturated carbocycles. The molecule has 3 aromatic rings. The highest BCUT2D eigenvalue weighted by Gasteiger charge is 2.15. The average Bonchev–Trinajstić information content (AvgIpc) is 3.01. The Morgan fingerprint density at radius 1 is 1.32 bits per heavy atom. The summed E-state index contributed by atoms with van der Waals surface area (Å²) in [6, 6.07) is 5.77. The van der Waals surface area contributed by atoms with Crippen LogP contribution < -0.4 is 5.32 Å². The number of anilines is 1. The Morgan fingerprint density at radius 3 is 2.89 bits per heavy atom. The Balaban J connectivity index is 1.99. The maximum absolute atomic E-state index is 6.26. The molecule has 0 bridgehead atoms. The molecule has 0 spiro atoms. The van der Waals surface area contributed by atoms with Crippen LogP contribution in [0.25, 0.3) is 11.0 Å². The molecule has 0 fully saturated rings. The van der Waals surface area contributed by atoms with Gasteiger partial charge in [0.1, 0.15) is 11.0 Å². The number of rotatable bonds is 3. The Kier molecular flexibility index (Phi) is 3.12. The van der Waals surface area contributed by atoms with Gasteiger partial charge in [-0.3, -0.25) is 4.68 Å². The van der Waals surface area contributed by atoms with Crippen LogP contribution in [-0.4, -0.2) is 18.5 Å². The molecule has 19 heavy (non-hydrogen) atoms. The zero-order valence-electron chi connectivity index (χ0n) is 10.5. The molecule has 98 valence electrons. The van der Waals surface area contributed by atoms with Crippen LogP contribution in [0.2, 0.25) is 5.02 Å². The highest BCUT2D eigenvalue weighted by Crippen LogP contribution is 2.32. The van der Waals surface area contributed by atoms with Crippen molar-refractivity contribution >= 4 is 40.0 Å². The summed E-state index contributed by atoms with van der Waals surface area (Å²) in [6.07, 6.45) is 1.78. The highest BCUT2D eigenvalue weighted by molar-refractivity contribution is 7.00. The maximum Gasteiger partial charge on any atom is 0.129 e. The van der Waals surface area contributed by atoms with E-state index in [1.807, 2.05) is 29.9 Å². The fourth-order valence-corrected chi connectivity index (χ4v) is 2.81. The number of hydrogen-bond donors (Lipinski definition) is 1. The summed E-state index contributed by atoms with van der Waals surface area (Å²) in [5.41, 5.74) is 3.57. The van der Waals surface area contributed by atoms with Crippen molar-refractivity contribution < 1.29 is 0 Å². The molecule has 2 heterocycles. The Bertz CT molecular complexity index is 720. The van der Waals surface area contributed by atoms with Gasteiger partial charge < -0.3 is 5.32 Å². The van der Waals surface area contributed by atoms with Crippen molar-refractivity contribution in [3.05, 3.63) is 35.1 Å². The quantitative estimate of drug-likeness (QED) is 0.805. The van der Waals surface area contributed by atoms with Crippen molar-refractivity contribution in [3.63, 3.8) is 0 Å². The number of hydrogen-bond acceptors (Lipinski definition) is 5. The van der Waals surface area contributed by atoms with Crippen LogP contribution in [0.4, 0.5) is 5.69 Å². The van der Waals surface area contributed by atoms with Crippen LogP contribution in [0.1, 0.15) is 18.7 Å². The number of nitrogens with one attached hydrogen (secondary N) is 1. The van der Waals surface area contributed by atoms with Gasteiger partial charge >= 0.3 is 0 Å². The Hall–Kier alpha value is -1.66. The molecule has 7 heteroatoms. The molecule has 0 saturated heterocycles. The average molecular weight is 294 g/mol. The summed E-state index contributed by atoms with van der Waals surface area (Å²) in [5.74, 6) is 0. The van der Waals surface area contributed by atoms with Crippen LogP contribution in [0.5, 0.6) is 0 Å². The number of aromatic nitrogens is 4. The minimum Gasteiger partial charge on any atom is -0.374 e. The third kappa shape index (κ3) is 2.17. The lowest BCUT2D eigenvalue weighted by molar-refractivity contribution is 0.676. The second-order valence-corrected chi connectivity index (χ2v) is 5.24. The highest BCUT2D eigenvalue weighted by atomic mass is 35.5. The van der Waals surface area contributed by atoms with E-state index in [1.54, 1.807) is 6.20 Å². The molecule has 1 unspecified atom stereocenters. The second-order valence-electron chi connectivity index (χ2n) is 4.30. The monoisotopic (exact) mass is 293 g/mol. The van der Waals surface area contributed by atoms with Gasteiger partial charge in [-0.25, -0.2) is 0 Å². The summed E-state index contributed by atoms with van der Waals surface area (Å²) >= 11 is 7.44. The number of fused-ring (bicyclic) bond motifs is 1. The van der Waals surface area contributed by atoms with Gasteiger partial charge in [0.25, 0.3) is 0 Å². The summed E-state index contributed by atoms with van der Waals surface area (Å²) < 4.78 is 10.4. The molecule has 1 atom stereocenters. The third-order valence-corrected chi connectivity index (χ3v) is 3.90. The molecule has 0 radical (unpaired) electrons. The Morgan fingerprint density at radius 2 is 2.16 bits per heavy atom. The van der Waals surface area contributed by atoms with Crippen molar-refractivity contribution in [2.24, 2.45) is 7.05 Å². The standard InChI is InChI=1S/C12H12ClN5S/c1-7(10-5-6-14-18(10)2)15-11-8(13)3-4-9-12(11)17-19-16-9/h3-7,15H,1-2H3. The van der Waals surface area contributed by atoms with E-state index in [9.17, 15) is 0 Å². The molecule has 0 aliphatic rings. The fourth-order valence-electron chi connectivity index (χ4n) is 2.06. The number of halogens is 1. The normalized spacial score (nSPS) is 12.8. The third-order valence-electron chi connectivity index (χ3n) is 3.04. The first-order valence-corrected chi connectivity index (χ1v) is 6.93. The van der Waals surface area contributed by atoms with Gasteiger partial charge in [-0.1, -0.05) is 11.6 Å². The van der Waals surface area contributed by atoms with Crippen molar-refractivity contribution in [3.8, 4) is 0 Å². The smallest absolute Gasteiger partial charge is 0.129 e. The second kappa shape index (κ2) is 4.79. The molecule has 1 aromatic carbocycles. The molecule has 1 N–H and O–H groups in total. The summed E-state index contributed by atoms with van der Waals surface area (Å²) in [5, 5.41) is 8.21. The molecular formula is C12H12ClN5S. The van der Waals surface area contributed by atoms with Gasteiger partial charge in [-0.05, 0) is 25.1 Å². The zero-order valence-corrected chi connectivity index (χ0v) is 12.0. The summed E-state index contributed by atoms with van der Waals surface area (Å²) in [6.45, 7) is 2.06. The largest absolute Gasteiger partial charge is 0.374 e. The molecule has 0 aliphatic heterocycles. The number of nitrogens with zero attached hydrogens (tertiary/aromatic N) is 4. The van der Waals surface area contributed by atoms with E-state index < -0.39 is 0 Å². The molecule has 3 rings (SSSR count). The van der Waals surface area contributed by atoms with Gasteiger partial charge in [0.05, 0.1) is 34.2 Å². The van der Waals surface area contributed by atoms with Crippen molar-refractivity contribution in [2.75, 3.05) is 5.32 Å². The first-order valence-electron chi connectivity index (χ1n) is 5.82. The van der Waals surface area contributed by atoms with E-state index in [2.05, 4.69) is 26.1 Å². The van der Waals surface area contributed by atoms with Crippen LogP contribution in [-0.2, 0) is 7.05 Å². The predicted octanol–water partition coefficient (Wildman–Crippen LogP) is 3.25.